The lowest BCUT2D eigenvalue weighted by Crippen LogP contribution is -2.36. The topological polar surface area (TPSA) is 110 Å². The summed E-state index contributed by atoms with van der Waals surface area (Å²) in [6.45, 7) is 0. The van der Waals surface area contributed by atoms with Crippen molar-refractivity contribution in [1.29, 1.82) is 0 Å². The Kier molecular flexibility index (Phi) is 2.68. The van der Waals surface area contributed by atoms with E-state index in [0.717, 1.165) is 0 Å². The van der Waals surface area contributed by atoms with Crippen LogP contribution in [0.2, 0.25) is 0 Å². The fraction of sp³-hybridized carbons (Fsp3) is 0.364. The lowest BCUT2D eigenvalue weighted by Gasteiger charge is -2.20. The maximum absolute atomic E-state index is 11.9. The summed E-state index contributed by atoms with van der Waals surface area (Å²) >= 11 is 0. The van der Waals surface area contributed by atoms with Crippen LogP contribution in [0.1, 0.15) is 0 Å². The second-order valence-corrected chi connectivity index (χ2v) is 7.00. The van der Waals surface area contributed by atoms with Gasteiger partial charge in [-0.05, 0) is 6.07 Å². The van der Waals surface area contributed by atoms with Crippen molar-refractivity contribution >= 4 is 27.2 Å². The number of nitrogens with one attached hydrogen (secondary N) is 1. The van der Waals surface area contributed by atoms with Crippen molar-refractivity contribution < 1.29 is 18.1 Å². The van der Waals surface area contributed by atoms with Gasteiger partial charge in [-0.1, -0.05) is 6.07 Å². The molecule has 0 saturated carbocycles. The molecule has 8 nitrogen and oxygen atoms in total. The van der Waals surface area contributed by atoms with Gasteiger partial charge in [0.05, 0.1) is 34.2 Å². The second kappa shape index (κ2) is 4.17. The summed E-state index contributed by atoms with van der Waals surface area (Å²) in [5.41, 5.74) is 0.195. The molecule has 0 bridgehead atoms. The number of amides is 2. The summed E-state index contributed by atoms with van der Waals surface area (Å²) in [5, 5.41) is 13.4. The van der Waals surface area contributed by atoms with E-state index in [4.69, 9.17) is 0 Å². The number of urea groups is 1. The van der Waals surface area contributed by atoms with Crippen molar-refractivity contribution in [2.24, 2.45) is 0 Å². The van der Waals surface area contributed by atoms with Gasteiger partial charge in [-0.3, -0.25) is 15.0 Å². The summed E-state index contributed by atoms with van der Waals surface area (Å²) in [6.07, 6.45) is 0. The zero-order valence-electron chi connectivity index (χ0n) is 10.2. The van der Waals surface area contributed by atoms with Crippen LogP contribution in [-0.2, 0) is 9.84 Å². The molecule has 3 rings (SSSR count). The summed E-state index contributed by atoms with van der Waals surface area (Å²) in [4.78, 5) is 23.4. The predicted molar refractivity (Wildman–Crippen MR) is 70.3 cm³/mol. The molecule has 9 heteroatoms. The molecular formula is C11H11N3O5S. The molecule has 1 N–H and O–H groups in total. The van der Waals surface area contributed by atoms with Gasteiger partial charge in [0.1, 0.15) is 0 Å². The van der Waals surface area contributed by atoms with Crippen LogP contribution in [0.3, 0.4) is 0 Å². The van der Waals surface area contributed by atoms with Crippen LogP contribution in [0.5, 0.6) is 0 Å². The van der Waals surface area contributed by atoms with Gasteiger partial charge >= 0.3 is 6.03 Å². The zero-order valence-corrected chi connectivity index (χ0v) is 11.0. The Bertz CT molecular complexity index is 702. The first-order chi connectivity index (χ1) is 9.37. The molecule has 2 atom stereocenters. The minimum atomic E-state index is -3.19. The molecule has 2 fully saturated rings. The number of hydrogen-bond donors (Lipinski definition) is 1. The van der Waals surface area contributed by atoms with Gasteiger partial charge in [0.2, 0.25) is 0 Å². The highest BCUT2D eigenvalue weighted by atomic mass is 32.2. The van der Waals surface area contributed by atoms with Gasteiger partial charge in [-0.25, -0.2) is 13.2 Å². The van der Waals surface area contributed by atoms with Gasteiger partial charge in [-0.2, -0.15) is 0 Å². The van der Waals surface area contributed by atoms with Crippen molar-refractivity contribution in [3.63, 3.8) is 0 Å². The first kappa shape index (κ1) is 12.9. The predicted octanol–water partition coefficient (Wildman–Crippen LogP) is 0.290. The number of nitro benzene ring substituents is 1. The van der Waals surface area contributed by atoms with Crippen molar-refractivity contribution in [2.45, 2.75) is 12.1 Å². The highest BCUT2D eigenvalue weighted by Gasteiger charge is 2.49. The third-order valence-corrected chi connectivity index (χ3v) is 5.22. The average Bonchev–Trinajstić information content (AvgIpc) is 2.79. The molecule has 0 radical (unpaired) electrons. The molecule has 2 saturated heterocycles. The number of sulfone groups is 1. The molecule has 0 aromatic heterocycles. The summed E-state index contributed by atoms with van der Waals surface area (Å²) in [6, 6.07) is 4.24. The number of hydrogen-bond acceptors (Lipinski definition) is 5. The number of carbonyl (C=O) groups excluding carboxylic acids is 1. The number of carbonyl (C=O) groups is 1. The highest BCUT2D eigenvalue weighted by molar-refractivity contribution is 7.91. The van der Waals surface area contributed by atoms with Gasteiger partial charge in [0.15, 0.2) is 9.84 Å². The Morgan fingerprint density at radius 3 is 2.80 bits per heavy atom. The molecule has 1 aromatic carbocycles. The normalized spacial score (nSPS) is 27.2. The van der Waals surface area contributed by atoms with Gasteiger partial charge in [0.25, 0.3) is 5.69 Å². The van der Waals surface area contributed by atoms with Gasteiger partial charge in [0, 0.05) is 12.1 Å². The SMILES string of the molecule is O=C1NC2CS(=O)(=O)CC2N1c1cccc([N+](=O)[O-])c1. The van der Waals surface area contributed by atoms with Gasteiger partial charge in [-0.15, -0.1) is 0 Å². The van der Waals surface area contributed by atoms with Crippen molar-refractivity contribution in [1.82, 2.24) is 5.32 Å². The van der Waals surface area contributed by atoms with E-state index in [1.54, 1.807) is 6.07 Å². The Morgan fingerprint density at radius 2 is 2.10 bits per heavy atom. The lowest BCUT2D eigenvalue weighted by atomic mass is 10.1. The minimum absolute atomic E-state index is 0.0885. The number of anilines is 1. The highest BCUT2D eigenvalue weighted by Crippen LogP contribution is 2.31. The van der Waals surface area contributed by atoms with Crippen LogP contribution in [0.4, 0.5) is 16.2 Å². The van der Waals surface area contributed by atoms with Crippen LogP contribution in [0, 0.1) is 10.1 Å². The van der Waals surface area contributed by atoms with E-state index in [9.17, 15) is 23.3 Å². The molecule has 106 valence electrons. The van der Waals surface area contributed by atoms with Crippen molar-refractivity contribution in [3.05, 3.63) is 34.4 Å². The number of nitro groups is 1. The quantitative estimate of drug-likeness (QED) is 0.479. The molecule has 0 aliphatic carbocycles. The first-order valence-electron chi connectivity index (χ1n) is 5.92. The summed E-state index contributed by atoms with van der Waals surface area (Å²) in [7, 11) is -3.19. The van der Waals surface area contributed by atoms with E-state index in [2.05, 4.69) is 5.32 Å². The van der Waals surface area contributed by atoms with E-state index in [0.29, 0.717) is 5.69 Å². The van der Waals surface area contributed by atoms with Crippen molar-refractivity contribution in [2.75, 3.05) is 16.4 Å². The third kappa shape index (κ3) is 1.99. The van der Waals surface area contributed by atoms with E-state index >= 15 is 0 Å². The summed E-state index contributed by atoms with van der Waals surface area (Å²) < 4.78 is 23.2. The monoisotopic (exact) mass is 297 g/mol. The molecule has 20 heavy (non-hydrogen) atoms. The molecular weight excluding hydrogens is 286 g/mol. The second-order valence-electron chi connectivity index (χ2n) is 4.85. The first-order valence-corrected chi connectivity index (χ1v) is 7.74. The van der Waals surface area contributed by atoms with E-state index in [1.807, 2.05) is 0 Å². The number of rotatable bonds is 2. The average molecular weight is 297 g/mol. The number of non-ortho nitro benzene ring substituents is 1. The molecule has 2 amide bonds. The standard InChI is InChI=1S/C11H11N3O5S/c15-11-12-9-5-20(18,19)6-10(9)13(11)7-2-1-3-8(4-7)14(16)17/h1-4,9-10H,5-6H2,(H,12,15). The molecule has 2 heterocycles. The third-order valence-electron chi connectivity index (χ3n) is 3.50. The molecule has 2 unspecified atom stereocenters. The fourth-order valence-corrected chi connectivity index (χ4v) is 4.56. The smallest absolute Gasteiger partial charge is 0.322 e. The molecule has 2 aliphatic heterocycles. The van der Waals surface area contributed by atoms with Gasteiger partial charge < -0.3 is 5.32 Å². The van der Waals surface area contributed by atoms with Crippen LogP contribution in [0.25, 0.3) is 0 Å². The Balaban J connectivity index is 1.99. The largest absolute Gasteiger partial charge is 0.332 e. The fourth-order valence-electron chi connectivity index (χ4n) is 2.67. The van der Waals surface area contributed by atoms with Crippen LogP contribution in [0.15, 0.2) is 24.3 Å². The minimum Gasteiger partial charge on any atom is -0.332 e. The molecule has 0 spiro atoms. The Morgan fingerprint density at radius 1 is 1.35 bits per heavy atom. The zero-order chi connectivity index (χ0) is 14.5. The van der Waals surface area contributed by atoms with E-state index in [1.165, 1.54) is 23.1 Å². The number of fused-ring (bicyclic) bond motifs is 1. The van der Waals surface area contributed by atoms with Crippen molar-refractivity contribution in [3.8, 4) is 0 Å². The Hall–Kier alpha value is -2.16. The maximum Gasteiger partial charge on any atom is 0.322 e. The van der Waals surface area contributed by atoms with Crippen LogP contribution >= 0.6 is 0 Å². The van der Waals surface area contributed by atoms with E-state index in [-0.39, 0.29) is 17.2 Å². The summed E-state index contributed by atoms with van der Waals surface area (Å²) in [5.74, 6) is -0.214. The number of nitrogens with zero attached hydrogens (tertiary/aromatic N) is 2. The van der Waals surface area contributed by atoms with Crippen LogP contribution in [-0.4, -0.2) is 43.0 Å². The molecule has 2 aliphatic rings. The van der Waals surface area contributed by atoms with E-state index < -0.39 is 32.9 Å². The Labute approximate surface area is 114 Å². The number of benzene rings is 1. The maximum atomic E-state index is 11.9. The lowest BCUT2D eigenvalue weighted by molar-refractivity contribution is -0.384. The van der Waals surface area contributed by atoms with Crippen LogP contribution < -0.4 is 10.2 Å². The molecule has 1 aromatic rings.